The van der Waals surface area contributed by atoms with Crippen LogP contribution >= 0.6 is 0 Å². The number of hydrogen-bond donors (Lipinski definition) is 1. The largest absolute Gasteiger partial charge is 0.493 e. The molecule has 0 radical (unpaired) electrons. The molecule has 0 saturated heterocycles. The number of nitrogens with one attached hydrogen (secondary N) is 1. The van der Waals surface area contributed by atoms with Crippen molar-refractivity contribution in [2.75, 3.05) is 14.2 Å². The van der Waals surface area contributed by atoms with Crippen molar-refractivity contribution >= 4 is 18.0 Å². The first-order valence-electron chi connectivity index (χ1n) is 4.98. The van der Waals surface area contributed by atoms with Gasteiger partial charge in [0.15, 0.2) is 11.5 Å². The van der Waals surface area contributed by atoms with Gasteiger partial charge in [-0.25, -0.2) is 0 Å². The van der Waals surface area contributed by atoms with Crippen LogP contribution in [-0.2, 0) is 0 Å². The van der Waals surface area contributed by atoms with Crippen LogP contribution in [0.5, 0.6) is 11.5 Å². The summed E-state index contributed by atoms with van der Waals surface area (Å²) in [5, 5.41) is 6.21. The van der Waals surface area contributed by atoms with Gasteiger partial charge in [-0.05, 0) is 30.4 Å². The van der Waals surface area contributed by atoms with Gasteiger partial charge in [-0.3, -0.25) is 5.43 Å². The molecule has 0 unspecified atom stereocenters. The molecular weight excluding hydrogens is 204 g/mol. The molecule has 16 heavy (non-hydrogen) atoms. The van der Waals surface area contributed by atoms with Gasteiger partial charge in [-0.2, -0.15) is 5.10 Å². The maximum Gasteiger partial charge on any atom is 0.161 e. The van der Waals surface area contributed by atoms with Crippen LogP contribution in [0.4, 0.5) is 0 Å². The summed E-state index contributed by atoms with van der Waals surface area (Å²) in [5.41, 5.74) is 3.80. The van der Waals surface area contributed by atoms with Gasteiger partial charge in [0.25, 0.3) is 0 Å². The molecule has 1 aromatic carbocycles. The molecule has 0 aromatic heterocycles. The maximum atomic E-state index is 5.26. The fourth-order valence-corrected chi connectivity index (χ4v) is 1.62. The Balaban J connectivity index is 2.71. The molecule has 0 atom stereocenters. The molecule has 0 saturated carbocycles. The molecule has 0 aliphatic carbocycles. The minimum atomic E-state index is 0.715. The summed E-state index contributed by atoms with van der Waals surface area (Å²) in [5.74, 6) is 1.44. The number of methoxy groups -OCH3 is 2. The number of ether oxygens (including phenoxy) is 2. The van der Waals surface area contributed by atoms with E-state index in [2.05, 4.69) is 10.5 Å². The predicted octanol–water partition coefficient (Wildman–Crippen LogP) is 0.201. The number of hydrazone groups is 1. The number of fused-ring (bicyclic) bond motifs is 1. The molecule has 84 valence electrons. The van der Waals surface area contributed by atoms with Crippen LogP contribution in [0.25, 0.3) is 12.3 Å². The first-order chi connectivity index (χ1) is 7.74. The van der Waals surface area contributed by atoms with E-state index in [0.717, 1.165) is 21.9 Å². The van der Waals surface area contributed by atoms with E-state index in [1.165, 1.54) is 0 Å². The van der Waals surface area contributed by atoms with Crippen molar-refractivity contribution in [3.05, 3.63) is 22.6 Å². The van der Waals surface area contributed by atoms with E-state index in [4.69, 9.17) is 9.47 Å². The first kappa shape index (κ1) is 10.5. The van der Waals surface area contributed by atoms with Gasteiger partial charge in [0, 0.05) is 11.4 Å². The normalized spacial score (nSPS) is 13.3. The Bertz CT molecular complexity index is 547. The van der Waals surface area contributed by atoms with Gasteiger partial charge < -0.3 is 9.47 Å². The standard InChI is InChI=1S/C12H14N2O2/c1-8-4-9-5-11(15-2)12(16-3)6-10(9)7-13-14-8/h4-7,13H,1-3H3. The van der Waals surface area contributed by atoms with E-state index < -0.39 is 0 Å². The third-order valence-corrected chi connectivity index (χ3v) is 2.41. The molecule has 0 bridgehead atoms. The Hall–Kier alpha value is -1.97. The second-order valence-electron chi connectivity index (χ2n) is 3.51. The molecule has 4 heteroatoms. The zero-order chi connectivity index (χ0) is 11.5. The van der Waals surface area contributed by atoms with Crippen molar-refractivity contribution in [2.24, 2.45) is 5.10 Å². The number of benzene rings is 1. The lowest BCUT2D eigenvalue weighted by Crippen LogP contribution is -2.26. The minimum Gasteiger partial charge on any atom is -0.493 e. The Morgan fingerprint density at radius 1 is 1.06 bits per heavy atom. The number of hydrogen-bond acceptors (Lipinski definition) is 4. The van der Waals surface area contributed by atoms with Gasteiger partial charge in [0.1, 0.15) is 0 Å². The van der Waals surface area contributed by atoms with Gasteiger partial charge in [0.05, 0.1) is 19.9 Å². The van der Waals surface area contributed by atoms with Crippen LogP contribution < -0.4 is 25.3 Å². The smallest absolute Gasteiger partial charge is 0.161 e. The predicted molar refractivity (Wildman–Crippen MR) is 64.0 cm³/mol. The lowest BCUT2D eigenvalue weighted by Gasteiger charge is -2.06. The summed E-state index contributed by atoms with van der Waals surface area (Å²) in [6, 6.07) is 3.86. The summed E-state index contributed by atoms with van der Waals surface area (Å²) in [7, 11) is 3.25. The highest BCUT2D eigenvalue weighted by molar-refractivity contribution is 6.08. The molecule has 2 rings (SSSR count). The fraction of sp³-hybridized carbons (Fsp3) is 0.250. The molecule has 1 aromatic rings. The third-order valence-electron chi connectivity index (χ3n) is 2.41. The van der Waals surface area contributed by atoms with Crippen molar-refractivity contribution in [1.82, 2.24) is 5.43 Å². The van der Waals surface area contributed by atoms with Gasteiger partial charge >= 0.3 is 0 Å². The van der Waals surface area contributed by atoms with E-state index in [0.29, 0.717) is 5.75 Å². The van der Waals surface area contributed by atoms with Gasteiger partial charge in [0.2, 0.25) is 0 Å². The Kier molecular flexibility index (Phi) is 2.81. The quantitative estimate of drug-likeness (QED) is 0.771. The highest BCUT2D eigenvalue weighted by Crippen LogP contribution is 2.21. The Labute approximate surface area is 93.9 Å². The SMILES string of the molecule is COc1cc2c(cc1OC)=CC(C)=NNC=2. The average molecular weight is 218 g/mol. The fourth-order valence-electron chi connectivity index (χ4n) is 1.62. The summed E-state index contributed by atoms with van der Waals surface area (Å²) in [6.07, 6.45) is 3.83. The monoisotopic (exact) mass is 218 g/mol. The second-order valence-corrected chi connectivity index (χ2v) is 3.51. The zero-order valence-electron chi connectivity index (χ0n) is 9.57. The summed E-state index contributed by atoms with van der Waals surface area (Å²) < 4.78 is 10.5. The molecule has 0 fully saturated rings. The van der Waals surface area contributed by atoms with Crippen molar-refractivity contribution in [2.45, 2.75) is 6.92 Å². The molecule has 1 aliphatic rings. The second kappa shape index (κ2) is 4.26. The van der Waals surface area contributed by atoms with Crippen LogP contribution in [-0.4, -0.2) is 19.9 Å². The highest BCUT2D eigenvalue weighted by Gasteiger charge is 2.04. The summed E-state index contributed by atoms with van der Waals surface area (Å²) in [4.78, 5) is 0. The maximum absolute atomic E-state index is 5.26. The zero-order valence-corrected chi connectivity index (χ0v) is 9.57. The van der Waals surface area contributed by atoms with Gasteiger partial charge in [-0.1, -0.05) is 0 Å². The van der Waals surface area contributed by atoms with Gasteiger partial charge in [-0.15, -0.1) is 0 Å². The van der Waals surface area contributed by atoms with E-state index in [9.17, 15) is 0 Å². The summed E-state index contributed by atoms with van der Waals surface area (Å²) >= 11 is 0. The van der Waals surface area contributed by atoms with Crippen LogP contribution in [0.15, 0.2) is 17.2 Å². The van der Waals surface area contributed by atoms with E-state index >= 15 is 0 Å². The minimum absolute atomic E-state index is 0.715. The van der Waals surface area contributed by atoms with Crippen LogP contribution in [0.2, 0.25) is 0 Å². The average Bonchev–Trinajstić information content (AvgIpc) is 2.47. The van der Waals surface area contributed by atoms with E-state index in [1.807, 2.05) is 31.3 Å². The van der Waals surface area contributed by atoms with E-state index in [-0.39, 0.29) is 0 Å². The molecule has 1 heterocycles. The number of nitrogens with zero attached hydrogens (tertiary/aromatic N) is 1. The van der Waals surface area contributed by atoms with Crippen molar-refractivity contribution < 1.29 is 9.47 Å². The number of rotatable bonds is 2. The molecule has 0 amide bonds. The Morgan fingerprint density at radius 2 is 1.69 bits per heavy atom. The highest BCUT2D eigenvalue weighted by atomic mass is 16.5. The molecule has 1 aliphatic heterocycles. The lowest BCUT2D eigenvalue weighted by molar-refractivity contribution is 0.354. The van der Waals surface area contributed by atoms with Crippen molar-refractivity contribution in [3.63, 3.8) is 0 Å². The first-order valence-corrected chi connectivity index (χ1v) is 4.98. The van der Waals surface area contributed by atoms with E-state index in [1.54, 1.807) is 14.2 Å². The Morgan fingerprint density at radius 3 is 2.31 bits per heavy atom. The van der Waals surface area contributed by atoms with Crippen molar-refractivity contribution in [1.29, 1.82) is 0 Å². The van der Waals surface area contributed by atoms with Crippen LogP contribution in [0, 0.1) is 0 Å². The van der Waals surface area contributed by atoms with Crippen LogP contribution in [0.1, 0.15) is 6.92 Å². The lowest BCUT2D eigenvalue weighted by atomic mass is 10.2. The molecular formula is C12H14N2O2. The topological polar surface area (TPSA) is 42.9 Å². The molecule has 0 spiro atoms. The summed E-state index contributed by atoms with van der Waals surface area (Å²) in [6.45, 7) is 1.94. The third kappa shape index (κ3) is 1.86. The van der Waals surface area contributed by atoms with Crippen molar-refractivity contribution in [3.8, 4) is 11.5 Å². The van der Waals surface area contributed by atoms with Crippen LogP contribution in [0.3, 0.4) is 0 Å². The molecule has 4 nitrogen and oxygen atoms in total. The molecule has 1 N–H and O–H groups in total.